The Labute approximate surface area is 339 Å². The lowest BCUT2D eigenvalue weighted by Crippen LogP contribution is -2.59. The third-order valence-corrected chi connectivity index (χ3v) is 15.1. The van der Waals surface area contributed by atoms with E-state index in [1.807, 2.05) is 30.3 Å². The fourth-order valence-electron chi connectivity index (χ4n) is 9.77. The van der Waals surface area contributed by atoms with Gasteiger partial charge in [-0.25, -0.2) is 13.2 Å². The average molecular weight is 818 g/mol. The van der Waals surface area contributed by atoms with Crippen molar-refractivity contribution in [2.75, 3.05) is 6.54 Å². The van der Waals surface area contributed by atoms with Gasteiger partial charge in [0.15, 0.2) is 5.88 Å². The van der Waals surface area contributed by atoms with Gasteiger partial charge in [-0.15, -0.1) is 6.58 Å². The maximum atomic E-state index is 14.9. The molecule has 6 aliphatic rings. The molecule has 3 heterocycles. The smallest absolute Gasteiger partial charge is 0.408 e. The summed E-state index contributed by atoms with van der Waals surface area (Å²) in [5.41, 5.74) is -0.445. The number of rotatable bonds is 8. The molecule has 1 aromatic heterocycles. The predicted octanol–water partition coefficient (Wildman–Crippen LogP) is 4.56. The molecule has 58 heavy (non-hydrogen) atoms. The summed E-state index contributed by atoms with van der Waals surface area (Å²) in [7, 11) is -3.91. The Hall–Kier alpha value is -4.66. The van der Waals surface area contributed by atoms with Crippen LogP contribution in [0.5, 0.6) is 5.88 Å². The molecule has 7 atom stereocenters. The topological polar surface area (TPSA) is 182 Å². The molecule has 2 bridgehead atoms. The minimum Gasteiger partial charge on any atom is -0.473 e. The van der Waals surface area contributed by atoms with E-state index in [0.29, 0.717) is 50.1 Å². The van der Waals surface area contributed by atoms with Gasteiger partial charge in [0.05, 0.1) is 11.8 Å². The summed E-state index contributed by atoms with van der Waals surface area (Å²) in [5.74, 6) is -2.11. The second-order valence-electron chi connectivity index (χ2n) is 17.2. The number of pyridine rings is 1. The van der Waals surface area contributed by atoms with E-state index in [4.69, 9.17) is 9.47 Å². The largest absolute Gasteiger partial charge is 0.473 e. The van der Waals surface area contributed by atoms with Crippen LogP contribution in [0.15, 0.2) is 59.9 Å². The number of ether oxygens (including phenoxy) is 2. The van der Waals surface area contributed by atoms with Crippen molar-refractivity contribution in [1.29, 1.82) is 0 Å². The molecule has 2 aliphatic heterocycles. The Balaban J connectivity index is 1.13. The number of hydrogen-bond acceptors (Lipinski definition) is 9. The monoisotopic (exact) mass is 817 g/mol. The lowest BCUT2D eigenvalue weighted by molar-refractivity contribution is -0.142. The van der Waals surface area contributed by atoms with Gasteiger partial charge in [0.2, 0.25) is 21.8 Å². The van der Waals surface area contributed by atoms with E-state index in [2.05, 4.69) is 21.9 Å². The van der Waals surface area contributed by atoms with Crippen molar-refractivity contribution in [3.05, 3.63) is 65.5 Å². The van der Waals surface area contributed by atoms with E-state index < -0.39 is 68.7 Å². The van der Waals surface area contributed by atoms with Gasteiger partial charge in [-0.05, 0) is 93.7 Å². The maximum Gasteiger partial charge on any atom is 0.408 e. The van der Waals surface area contributed by atoms with Gasteiger partial charge in [-0.1, -0.05) is 62.1 Å². The van der Waals surface area contributed by atoms with Crippen LogP contribution in [0.4, 0.5) is 4.79 Å². The molecular weight excluding hydrogens is 763 g/mol. The number of alkyl carbamates (subject to hydrolysis) is 1. The van der Waals surface area contributed by atoms with Crippen molar-refractivity contribution in [3.8, 4) is 17.0 Å². The first-order valence-electron chi connectivity index (χ1n) is 21.2. The zero-order valence-corrected chi connectivity index (χ0v) is 33.8. The van der Waals surface area contributed by atoms with Gasteiger partial charge in [0, 0.05) is 24.4 Å². The second-order valence-corrected chi connectivity index (χ2v) is 19.2. The Morgan fingerprint density at radius 1 is 0.862 bits per heavy atom. The normalized spacial score (nSPS) is 30.7. The molecule has 4 saturated carbocycles. The van der Waals surface area contributed by atoms with Crippen LogP contribution in [0.1, 0.15) is 96.3 Å². The van der Waals surface area contributed by atoms with Crippen molar-refractivity contribution in [1.82, 2.24) is 24.8 Å². The highest BCUT2D eigenvalue weighted by molar-refractivity contribution is 7.91. The Morgan fingerprint density at radius 2 is 1.59 bits per heavy atom. The van der Waals surface area contributed by atoms with Crippen LogP contribution in [0, 0.1) is 17.8 Å². The van der Waals surface area contributed by atoms with Crippen LogP contribution in [0.25, 0.3) is 11.1 Å². The number of nitrogens with one attached hydrogen (secondary N) is 3. The van der Waals surface area contributed by atoms with E-state index in [1.54, 1.807) is 16.7 Å². The van der Waals surface area contributed by atoms with E-state index >= 15 is 0 Å². The Morgan fingerprint density at radius 3 is 2.31 bits per heavy atom. The molecule has 312 valence electrons. The molecule has 8 rings (SSSR count). The lowest BCUT2D eigenvalue weighted by atomic mass is 9.96. The second kappa shape index (κ2) is 16.5. The first kappa shape index (κ1) is 40.1. The highest BCUT2D eigenvalue weighted by Crippen LogP contribution is 2.46. The van der Waals surface area contributed by atoms with Crippen LogP contribution in [0.2, 0.25) is 0 Å². The summed E-state index contributed by atoms with van der Waals surface area (Å²) < 4.78 is 42.1. The standard InChI is InChI=1S/C43H55N5O9S/c1-2-30-25-43(30,41(52)46-58(54,55)32-19-20-32)45-38(49)34-24-31-26-48(34)40(51)37(29-15-8-9-16-29)44-42(53)57-35-18-11-17-28(35)14-7-4-10-23-47-36(56-31)22-21-33(39(47)50)27-12-5-3-6-13-27/h2-3,5-6,12-13,21-22,28-32,34-35,37H,1,4,7-11,14-20,23-26H2,(H,44,53)(H,45,49)(H,46,52)/t28-,30-,31-,34+,35-,37+,43-/m1/s1. The number of nitrogens with zero attached hydrogens (tertiary/aromatic N) is 2. The first-order valence-corrected chi connectivity index (χ1v) is 22.8. The van der Waals surface area contributed by atoms with Gasteiger partial charge in [-0.2, -0.15) is 0 Å². The summed E-state index contributed by atoms with van der Waals surface area (Å²) in [5, 5.41) is 5.13. The minimum absolute atomic E-state index is 0.0224. The molecule has 0 radical (unpaired) electrons. The van der Waals surface area contributed by atoms with Gasteiger partial charge >= 0.3 is 6.09 Å². The van der Waals surface area contributed by atoms with E-state index in [-0.39, 0.29) is 42.9 Å². The Kier molecular flexibility index (Phi) is 11.4. The van der Waals surface area contributed by atoms with Crippen LogP contribution < -0.4 is 25.7 Å². The highest BCUT2D eigenvalue weighted by Gasteiger charge is 2.62. The molecule has 0 spiro atoms. The first-order chi connectivity index (χ1) is 28.0. The fourth-order valence-corrected chi connectivity index (χ4v) is 11.1. The molecule has 3 N–H and O–H groups in total. The zero-order chi connectivity index (χ0) is 40.6. The molecular formula is C43H55N5O9S. The number of aromatic nitrogens is 1. The molecule has 2 aromatic rings. The molecule has 4 amide bonds. The van der Waals surface area contributed by atoms with Crippen molar-refractivity contribution in [2.45, 2.75) is 138 Å². The third kappa shape index (κ3) is 8.28. The van der Waals surface area contributed by atoms with Crippen LogP contribution in [0.3, 0.4) is 0 Å². The molecule has 15 heteroatoms. The quantitative estimate of drug-likeness (QED) is 0.322. The molecule has 0 unspecified atom stereocenters. The average Bonchev–Trinajstić information content (AvgIpc) is 4.00. The number of hydrogen-bond donors (Lipinski definition) is 3. The lowest BCUT2D eigenvalue weighted by Gasteiger charge is -2.32. The summed E-state index contributed by atoms with van der Waals surface area (Å²) in [6, 6.07) is 10.8. The summed E-state index contributed by atoms with van der Waals surface area (Å²) in [4.78, 5) is 72.2. The molecule has 1 saturated heterocycles. The number of benzene rings is 1. The fraction of sp³-hybridized carbons (Fsp3) is 0.605. The van der Waals surface area contributed by atoms with E-state index in [0.717, 1.165) is 56.9 Å². The molecule has 5 fully saturated rings. The molecule has 14 nitrogen and oxygen atoms in total. The van der Waals surface area contributed by atoms with Gasteiger partial charge in [0.25, 0.3) is 11.5 Å². The number of carbonyl (C=O) groups excluding carboxylic acids is 4. The van der Waals surface area contributed by atoms with Crippen LogP contribution in [-0.4, -0.2) is 83.3 Å². The number of fused-ring (bicyclic) bond motifs is 4. The van der Waals surface area contributed by atoms with Gasteiger partial charge in [-0.3, -0.25) is 28.5 Å². The van der Waals surface area contributed by atoms with Crippen LogP contribution >= 0.6 is 0 Å². The predicted molar refractivity (Wildman–Crippen MR) is 215 cm³/mol. The number of sulfonamides is 1. The van der Waals surface area contributed by atoms with E-state index in [1.165, 1.54) is 11.0 Å². The zero-order valence-electron chi connectivity index (χ0n) is 32.9. The van der Waals surface area contributed by atoms with E-state index in [9.17, 15) is 32.4 Å². The van der Waals surface area contributed by atoms with Gasteiger partial charge in [0.1, 0.15) is 29.8 Å². The minimum atomic E-state index is -3.91. The van der Waals surface area contributed by atoms with Crippen molar-refractivity contribution < 1.29 is 37.1 Å². The number of amides is 4. The van der Waals surface area contributed by atoms with Crippen molar-refractivity contribution in [2.24, 2.45) is 17.8 Å². The summed E-state index contributed by atoms with van der Waals surface area (Å²) in [6.07, 6.45) is 10.2. The van der Waals surface area contributed by atoms with Gasteiger partial charge < -0.3 is 25.0 Å². The molecule has 1 aromatic carbocycles. The number of carbonyl (C=O) groups is 4. The maximum absolute atomic E-state index is 14.9. The van der Waals surface area contributed by atoms with Crippen LogP contribution in [-0.2, 0) is 35.7 Å². The van der Waals surface area contributed by atoms with Crippen molar-refractivity contribution in [3.63, 3.8) is 0 Å². The molecule has 4 aliphatic carbocycles. The SMILES string of the molecule is C=C[C@@H]1C[C@]1(NC(=O)[C@@H]1C[C@@H]2CN1C(=O)[C@H](C1CCCC1)NC(=O)O[C@@H]1CCC[C@H]1CCCCCn1c(ccc(-c3ccccc3)c1=O)O2)C(=O)NS(=O)(=O)C1CC1. The van der Waals surface area contributed by atoms with Crippen molar-refractivity contribution >= 4 is 33.8 Å². The Bertz CT molecular complexity index is 2080. The summed E-state index contributed by atoms with van der Waals surface area (Å²) in [6.45, 7) is 4.17. The highest BCUT2D eigenvalue weighted by atomic mass is 32.2. The summed E-state index contributed by atoms with van der Waals surface area (Å²) >= 11 is 0. The third-order valence-electron chi connectivity index (χ3n) is 13.3.